The van der Waals surface area contributed by atoms with Gasteiger partial charge in [0.05, 0.1) is 20.8 Å². The Hall–Kier alpha value is -14.8. The summed E-state index contributed by atoms with van der Waals surface area (Å²) in [5.41, 5.74) is 21.3. The topological polar surface area (TPSA) is 314 Å². The van der Waals surface area contributed by atoms with E-state index < -0.39 is 18.9 Å². The lowest BCUT2D eigenvalue weighted by molar-refractivity contribution is 0.0695. The van der Waals surface area contributed by atoms with Gasteiger partial charge in [0, 0.05) is 192 Å². The van der Waals surface area contributed by atoms with Crippen molar-refractivity contribution in [3.05, 3.63) is 390 Å². The number of hydrogen-bond donors (Lipinski definition) is 5. The number of rotatable bonds is 17. The fraction of sp³-hybridized carbons (Fsp3) is 0.0918. The quantitative estimate of drug-likeness (QED) is 0.0108. The number of Topliss-reactive ketones (excluding diaryl/α,β-unsaturated/α-hetero) is 3. The number of ketones is 3. The Kier molecular flexibility index (Phi) is 30.3. The Labute approximate surface area is 734 Å². The van der Waals surface area contributed by atoms with Crippen molar-refractivity contribution in [3.8, 4) is 33.4 Å². The zero-order valence-electron chi connectivity index (χ0n) is 66.9. The minimum Gasteiger partial charge on any atom is -0.478 e. The first-order chi connectivity index (χ1) is 61.1. The van der Waals surface area contributed by atoms with E-state index in [1.54, 1.807) is 147 Å². The predicted octanol–water partition coefficient (Wildman–Crippen LogP) is 19.8. The van der Waals surface area contributed by atoms with Gasteiger partial charge in [-0.2, -0.15) is 0 Å². The number of carboxylic acids is 1. The first-order valence-corrected chi connectivity index (χ1v) is 40.4. The highest BCUT2D eigenvalue weighted by molar-refractivity contribution is 9.10. The molecule has 0 amide bonds. The van der Waals surface area contributed by atoms with E-state index in [0.717, 1.165) is 66.8 Å². The Balaban J connectivity index is 0.000000130. The smallest absolute Gasteiger partial charge is 0.478 e. The van der Waals surface area contributed by atoms with Crippen LogP contribution in [0.15, 0.2) is 308 Å². The summed E-state index contributed by atoms with van der Waals surface area (Å²) in [6.07, 6.45) is 20.8. The summed E-state index contributed by atoms with van der Waals surface area (Å²) in [6.45, 7) is 0. The maximum absolute atomic E-state index is 14.3. The maximum atomic E-state index is 14.3. The summed E-state index contributed by atoms with van der Waals surface area (Å²) in [6, 6.07) is 68.5. The van der Waals surface area contributed by atoms with Crippen molar-refractivity contribution >= 4 is 135 Å². The number of benzene rings is 9. The molecule has 0 saturated heterocycles. The van der Waals surface area contributed by atoms with E-state index in [4.69, 9.17) is 32.5 Å². The number of nitrogens with two attached hydrogens (primary N) is 1. The number of nitrogen functional groups attached to an aromatic ring is 1. The molecule has 0 atom stereocenters. The van der Waals surface area contributed by atoms with E-state index in [2.05, 4.69) is 71.0 Å². The number of pyridine rings is 5. The number of carbonyl (C=O) groups excluding carboxylic acids is 3. The van der Waals surface area contributed by atoms with Crippen molar-refractivity contribution in [3.63, 3.8) is 0 Å². The van der Waals surface area contributed by atoms with Crippen molar-refractivity contribution in [2.75, 3.05) is 5.73 Å². The van der Waals surface area contributed by atoms with Gasteiger partial charge in [-0.05, 0) is 157 Å². The van der Waals surface area contributed by atoms with E-state index in [1.807, 2.05) is 103 Å². The van der Waals surface area contributed by atoms with Crippen LogP contribution in [0.5, 0.6) is 0 Å². The zero-order valence-corrected chi connectivity index (χ0v) is 69.2. The predicted molar refractivity (Wildman–Crippen MR) is 485 cm³/mol. The summed E-state index contributed by atoms with van der Waals surface area (Å²) in [7, 11) is -1.34. The van der Waals surface area contributed by atoms with Crippen molar-refractivity contribution in [2.24, 2.45) is 30.1 Å². The lowest BCUT2D eigenvalue weighted by Crippen LogP contribution is -2.29. The van der Waals surface area contributed by atoms with Gasteiger partial charge in [-0.25, -0.2) is 76.6 Å². The average Bonchev–Trinajstić information content (AvgIpc) is 1.55. The second kappa shape index (κ2) is 42.8. The number of aromatic carboxylic acids is 1. The molecular weight excluding hydrogens is 1690 g/mol. The molecular formula is C98H74BBrClF5N12O8. The highest BCUT2D eigenvalue weighted by atomic mass is 79.9. The molecule has 126 heavy (non-hydrogen) atoms. The van der Waals surface area contributed by atoms with Crippen LogP contribution in [0.3, 0.4) is 0 Å². The lowest BCUT2D eigenvalue weighted by atomic mass is 9.81. The molecule has 0 bridgehead atoms. The van der Waals surface area contributed by atoms with Gasteiger partial charge < -0.3 is 26.1 Å². The standard InChI is InChI=1S/C21H16FN3O.2C21H15FN2O.C15H10BrFN2O.C8H6N2O2.C6H7BO2.C6H5ClFN/c22-19-7-6-14(12-18(19)15-4-2-1-3-5-15)13-20(25-26)16-8-10-23-21-17(16)9-11-24-21;2*22-19-7-6-14(12-18(19)15-4-2-1-3-5-15)13-20(25)16-8-10-23-21-17(16)9-11-24-21;16-12-7-9(1-2-13(12)17)8-14(20)10-3-5-18-15-11(10)4-6-19-15;11-8(12)6-2-4-10-7-5(6)1-3-9-7;8-7(9)6-4-2-1-3-5-6;7-5-3-4(9)1-2-6(5)8/h1-8,10-12,26H,9,13H2;2*1-8,10-12H,9,13H2;1-3,5-7H,4,8H2;2-4H,1H2,(H,11,12);1-5,8-9H;1-3H,9H2/b25-20+;;;;;;. The van der Waals surface area contributed by atoms with E-state index in [0.29, 0.717) is 133 Å². The highest BCUT2D eigenvalue weighted by Crippen LogP contribution is 2.34. The second-order valence-corrected chi connectivity index (χ2v) is 29.7. The number of halogens is 7. The van der Waals surface area contributed by atoms with Crippen LogP contribution in [0.1, 0.15) is 97.1 Å². The number of nitrogens with zero attached hydrogens (tertiary/aromatic N) is 11. The molecule has 0 unspecified atom stereocenters. The fourth-order valence-electron chi connectivity index (χ4n) is 13.9. The monoisotopic (exact) mass is 1770 g/mol. The molecule has 0 saturated carbocycles. The van der Waals surface area contributed by atoms with E-state index in [-0.39, 0.29) is 64.9 Å². The Morgan fingerprint density at radius 2 is 0.675 bits per heavy atom. The third-order valence-corrected chi connectivity index (χ3v) is 21.0. The molecule has 19 rings (SSSR count). The normalized spacial score (nSPS) is 12.1. The summed E-state index contributed by atoms with van der Waals surface area (Å²) in [4.78, 5) is 89.8. The molecule has 0 fully saturated rings. The van der Waals surface area contributed by atoms with E-state index in [9.17, 15) is 46.3 Å². The third kappa shape index (κ3) is 22.9. The Bertz CT molecular complexity index is 6400. The van der Waals surface area contributed by atoms with Crippen molar-refractivity contribution in [1.82, 2.24) is 24.9 Å². The minimum absolute atomic E-state index is 0.00484. The molecule has 20 nitrogen and oxygen atoms in total. The van der Waals surface area contributed by atoms with Crippen LogP contribution in [0.4, 0.5) is 56.7 Å². The summed E-state index contributed by atoms with van der Waals surface area (Å²) in [5, 5.41) is 39.1. The number of aliphatic imine (C=N–C) groups is 5. The van der Waals surface area contributed by atoms with E-state index in [1.165, 1.54) is 54.7 Å². The van der Waals surface area contributed by atoms with Crippen molar-refractivity contribution in [1.29, 1.82) is 0 Å². The number of carboxylic acid groups (broad SMARTS) is 1. The SMILES string of the molecule is Nc1ccc(F)c(Cl)c1.O/N=C(\Cc1ccc(F)c(-c2ccccc2)c1)c1ccnc2c1CC=N2.O=C(Cc1ccc(F)c(-c2ccccc2)c1)c1ccnc2c1CC=N2.O=C(Cc1ccc(F)c(-c2ccccc2)c1)c1ccnc2c1CC=N2.O=C(Cc1ccc(F)c(Br)c1)c1ccnc2c1CC=N2.O=C(O)c1ccnc2c1CC=N2.OB(O)c1ccccc1. The molecule has 5 aliphatic heterocycles. The number of fused-ring (bicyclic) bond motifs is 5. The molecule has 14 aromatic rings. The number of carbonyl (C=O) groups is 4. The second-order valence-electron chi connectivity index (χ2n) is 28.5. The van der Waals surface area contributed by atoms with Gasteiger partial charge in [0.1, 0.15) is 29.1 Å². The lowest BCUT2D eigenvalue weighted by Gasteiger charge is -2.11. The first kappa shape index (κ1) is 89.0. The van der Waals surface area contributed by atoms with E-state index >= 15 is 0 Å². The molecule has 9 aromatic carbocycles. The van der Waals surface area contributed by atoms with Crippen LogP contribution in [0.25, 0.3) is 33.4 Å². The van der Waals surface area contributed by atoms with Gasteiger partial charge >= 0.3 is 13.1 Å². The van der Waals surface area contributed by atoms with Crippen LogP contribution in [0.2, 0.25) is 5.02 Å². The zero-order chi connectivity index (χ0) is 88.6. The average molecular weight is 1770 g/mol. The molecule has 5 aliphatic rings. The molecule has 28 heteroatoms. The molecule has 5 aromatic heterocycles. The summed E-state index contributed by atoms with van der Waals surface area (Å²) in [5.74, 6) is 0.493. The van der Waals surface area contributed by atoms with Gasteiger partial charge in [0.15, 0.2) is 46.4 Å². The first-order valence-electron chi connectivity index (χ1n) is 39.3. The number of hydrogen-bond acceptors (Lipinski definition) is 19. The number of aromatic nitrogens is 5. The van der Waals surface area contributed by atoms with Crippen molar-refractivity contribution < 1.29 is 61.5 Å². The summed E-state index contributed by atoms with van der Waals surface area (Å²) >= 11 is 8.48. The minimum atomic E-state index is -1.34. The maximum Gasteiger partial charge on any atom is 0.488 e. The van der Waals surface area contributed by atoms with Gasteiger partial charge in [-0.1, -0.05) is 162 Å². The van der Waals surface area contributed by atoms with Crippen LogP contribution < -0.4 is 11.2 Å². The molecule has 6 N–H and O–H groups in total. The number of oxime groups is 1. The largest absolute Gasteiger partial charge is 0.488 e. The van der Waals surface area contributed by atoms with Gasteiger partial charge in [0.2, 0.25) is 0 Å². The number of anilines is 1. The van der Waals surface area contributed by atoms with Gasteiger partial charge in [-0.15, -0.1) is 0 Å². The highest BCUT2D eigenvalue weighted by Gasteiger charge is 2.25. The summed E-state index contributed by atoms with van der Waals surface area (Å²) < 4.78 is 68.5. The van der Waals surface area contributed by atoms with Gasteiger partial charge in [0.25, 0.3) is 0 Å². The van der Waals surface area contributed by atoms with Crippen molar-refractivity contribution in [2.45, 2.75) is 57.8 Å². The molecule has 0 radical (unpaired) electrons. The molecule has 0 spiro atoms. The third-order valence-electron chi connectivity index (χ3n) is 20.1. The molecule has 0 aliphatic carbocycles. The fourth-order valence-corrected chi connectivity index (χ4v) is 14.5. The molecule has 10 heterocycles. The van der Waals surface area contributed by atoms with Crippen LogP contribution in [-0.2, 0) is 57.8 Å². The van der Waals surface area contributed by atoms with Crippen LogP contribution >= 0.6 is 27.5 Å². The Morgan fingerprint density at radius 1 is 0.373 bits per heavy atom. The van der Waals surface area contributed by atoms with Crippen LogP contribution in [0, 0.1) is 29.1 Å². The Morgan fingerprint density at radius 3 is 0.992 bits per heavy atom. The van der Waals surface area contributed by atoms with Gasteiger partial charge in [-0.3, -0.25) is 14.4 Å². The molecule has 626 valence electrons. The van der Waals surface area contributed by atoms with Crippen LogP contribution in [-0.4, -0.2) is 113 Å².